The van der Waals surface area contributed by atoms with Gasteiger partial charge in [-0.05, 0) is 36.9 Å². The standard InChI is InChI=1S/C14H19N3S/c1-11(15)14-6-5-12(10-16-14)17(2)8-7-13-4-3-9-18-13/h3-6,9-11H,7-8,15H2,1-2H3/t11-/m1/s1. The number of thiophene rings is 1. The number of hydrogen-bond acceptors (Lipinski definition) is 4. The first-order chi connectivity index (χ1) is 8.66. The molecule has 0 aliphatic rings. The third kappa shape index (κ3) is 3.31. The number of hydrogen-bond donors (Lipinski definition) is 1. The molecule has 1 atom stereocenters. The number of aromatic nitrogens is 1. The number of nitrogens with zero attached hydrogens (tertiary/aromatic N) is 2. The van der Waals surface area contributed by atoms with E-state index in [9.17, 15) is 0 Å². The number of anilines is 1. The van der Waals surface area contributed by atoms with E-state index in [1.54, 1.807) is 0 Å². The Kier molecular flexibility index (Phi) is 4.33. The van der Waals surface area contributed by atoms with E-state index in [4.69, 9.17) is 5.73 Å². The maximum Gasteiger partial charge on any atom is 0.0569 e. The molecule has 96 valence electrons. The average Bonchev–Trinajstić information content (AvgIpc) is 2.89. The molecule has 4 heteroatoms. The van der Waals surface area contributed by atoms with Crippen LogP contribution in [-0.4, -0.2) is 18.6 Å². The van der Waals surface area contributed by atoms with E-state index in [0.717, 1.165) is 24.3 Å². The Labute approximate surface area is 112 Å². The van der Waals surface area contributed by atoms with Crippen molar-refractivity contribution in [3.05, 3.63) is 46.4 Å². The largest absolute Gasteiger partial charge is 0.373 e. The molecular weight excluding hydrogens is 242 g/mol. The molecule has 0 aliphatic heterocycles. The molecule has 0 aliphatic carbocycles. The van der Waals surface area contributed by atoms with Gasteiger partial charge in [-0.3, -0.25) is 4.98 Å². The lowest BCUT2D eigenvalue weighted by Gasteiger charge is -2.19. The van der Waals surface area contributed by atoms with Gasteiger partial charge in [0.15, 0.2) is 0 Å². The topological polar surface area (TPSA) is 42.1 Å². The summed E-state index contributed by atoms with van der Waals surface area (Å²) in [5.74, 6) is 0. The van der Waals surface area contributed by atoms with Crippen LogP contribution < -0.4 is 10.6 Å². The molecule has 0 spiro atoms. The zero-order valence-corrected chi connectivity index (χ0v) is 11.7. The average molecular weight is 261 g/mol. The van der Waals surface area contributed by atoms with Crippen molar-refractivity contribution in [3.63, 3.8) is 0 Å². The summed E-state index contributed by atoms with van der Waals surface area (Å²) in [6.07, 6.45) is 2.97. The molecular formula is C14H19N3S. The first kappa shape index (κ1) is 13.1. The van der Waals surface area contributed by atoms with Gasteiger partial charge in [0.05, 0.1) is 17.6 Å². The second-order valence-electron chi connectivity index (χ2n) is 4.48. The maximum atomic E-state index is 5.79. The molecule has 2 rings (SSSR count). The Bertz CT molecular complexity index is 462. The fourth-order valence-corrected chi connectivity index (χ4v) is 2.45. The summed E-state index contributed by atoms with van der Waals surface area (Å²) in [4.78, 5) is 8.02. The third-order valence-electron chi connectivity index (χ3n) is 2.95. The Morgan fingerprint density at radius 2 is 2.22 bits per heavy atom. The summed E-state index contributed by atoms with van der Waals surface area (Å²) >= 11 is 1.81. The Balaban J connectivity index is 1.94. The van der Waals surface area contributed by atoms with Crippen molar-refractivity contribution in [2.24, 2.45) is 5.73 Å². The highest BCUT2D eigenvalue weighted by molar-refractivity contribution is 7.09. The maximum absolute atomic E-state index is 5.79. The van der Waals surface area contributed by atoms with Crippen LogP contribution in [-0.2, 0) is 6.42 Å². The molecule has 0 saturated carbocycles. The highest BCUT2D eigenvalue weighted by Gasteiger charge is 2.04. The zero-order valence-electron chi connectivity index (χ0n) is 10.8. The lowest BCUT2D eigenvalue weighted by Crippen LogP contribution is -2.20. The predicted octanol–water partition coefficient (Wildman–Crippen LogP) is 2.84. The zero-order chi connectivity index (χ0) is 13.0. The number of likely N-dealkylation sites (N-methyl/N-ethyl adjacent to an activating group) is 1. The van der Waals surface area contributed by atoms with Crippen LogP contribution >= 0.6 is 11.3 Å². The first-order valence-corrected chi connectivity index (χ1v) is 7.00. The minimum Gasteiger partial charge on any atom is -0.373 e. The predicted molar refractivity (Wildman–Crippen MR) is 78.1 cm³/mol. The smallest absolute Gasteiger partial charge is 0.0569 e. The van der Waals surface area contributed by atoms with Gasteiger partial charge in [-0.15, -0.1) is 11.3 Å². The van der Waals surface area contributed by atoms with Gasteiger partial charge in [0.2, 0.25) is 0 Å². The lowest BCUT2D eigenvalue weighted by molar-refractivity contribution is 0.778. The van der Waals surface area contributed by atoms with E-state index in [1.165, 1.54) is 4.88 Å². The molecule has 2 heterocycles. The summed E-state index contributed by atoms with van der Waals surface area (Å²) in [6, 6.07) is 8.35. The van der Waals surface area contributed by atoms with Crippen molar-refractivity contribution in [1.29, 1.82) is 0 Å². The highest BCUT2D eigenvalue weighted by Crippen LogP contribution is 2.16. The summed E-state index contributed by atoms with van der Waals surface area (Å²) < 4.78 is 0. The second-order valence-corrected chi connectivity index (χ2v) is 5.51. The lowest BCUT2D eigenvalue weighted by atomic mass is 10.2. The van der Waals surface area contributed by atoms with E-state index in [0.29, 0.717) is 0 Å². The van der Waals surface area contributed by atoms with Crippen molar-refractivity contribution in [2.75, 3.05) is 18.5 Å². The molecule has 0 unspecified atom stereocenters. The minimum absolute atomic E-state index is 0.00419. The Hall–Kier alpha value is -1.39. The molecule has 0 saturated heterocycles. The molecule has 3 nitrogen and oxygen atoms in total. The van der Waals surface area contributed by atoms with Crippen LogP contribution in [0, 0.1) is 0 Å². The van der Waals surface area contributed by atoms with Gasteiger partial charge in [-0.1, -0.05) is 6.07 Å². The number of nitrogens with two attached hydrogens (primary N) is 1. The van der Waals surface area contributed by atoms with Crippen molar-refractivity contribution < 1.29 is 0 Å². The molecule has 0 amide bonds. The molecule has 0 fully saturated rings. The van der Waals surface area contributed by atoms with Gasteiger partial charge >= 0.3 is 0 Å². The van der Waals surface area contributed by atoms with Gasteiger partial charge in [0.1, 0.15) is 0 Å². The third-order valence-corrected chi connectivity index (χ3v) is 3.89. The van der Waals surface area contributed by atoms with Crippen LogP contribution in [0.3, 0.4) is 0 Å². The van der Waals surface area contributed by atoms with Crippen molar-refractivity contribution in [2.45, 2.75) is 19.4 Å². The molecule has 2 aromatic rings. The van der Waals surface area contributed by atoms with E-state index in [1.807, 2.05) is 30.5 Å². The van der Waals surface area contributed by atoms with E-state index in [2.05, 4.69) is 40.5 Å². The fourth-order valence-electron chi connectivity index (χ4n) is 1.75. The van der Waals surface area contributed by atoms with Crippen LogP contribution in [0.4, 0.5) is 5.69 Å². The summed E-state index contributed by atoms with van der Waals surface area (Å²) in [7, 11) is 2.09. The summed E-state index contributed by atoms with van der Waals surface area (Å²) in [5, 5.41) is 2.12. The van der Waals surface area contributed by atoms with Crippen LogP contribution in [0.25, 0.3) is 0 Å². The molecule has 0 radical (unpaired) electrons. The van der Waals surface area contributed by atoms with Gasteiger partial charge in [-0.25, -0.2) is 0 Å². The fraction of sp³-hybridized carbons (Fsp3) is 0.357. The minimum atomic E-state index is -0.00419. The van der Waals surface area contributed by atoms with Crippen LogP contribution in [0.1, 0.15) is 23.5 Å². The second kappa shape index (κ2) is 5.98. The summed E-state index contributed by atoms with van der Waals surface area (Å²) in [6.45, 7) is 2.95. The van der Waals surface area contributed by atoms with Gasteiger partial charge in [-0.2, -0.15) is 0 Å². The normalized spacial score (nSPS) is 12.4. The van der Waals surface area contributed by atoms with E-state index in [-0.39, 0.29) is 6.04 Å². The molecule has 2 N–H and O–H groups in total. The number of rotatable bonds is 5. The van der Waals surface area contributed by atoms with Gasteiger partial charge in [0, 0.05) is 24.5 Å². The Morgan fingerprint density at radius 3 is 2.78 bits per heavy atom. The van der Waals surface area contributed by atoms with Gasteiger partial charge in [0.25, 0.3) is 0 Å². The molecule has 0 aromatic carbocycles. The SMILES string of the molecule is C[C@@H](N)c1ccc(N(C)CCc2cccs2)cn1. The molecule has 18 heavy (non-hydrogen) atoms. The van der Waals surface area contributed by atoms with Crippen molar-refractivity contribution in [1.82, 2.24) is 4.98 Å². The van der Waals surface area contributed by atoms with Crippen molar-refractivity contribution in [3.8, 4) is 0 Å². The van der Waals surface area contributed by atoms with E-state index < -0.39 is 0 Å². The Morgan fingerprint density at radius 1 is 1.39 bits per heavy atom. The highest BCUT2D eigenvalue weighted by atomic mass is 32.1. The summed E-state index contributed by atoms with van der Waals surface area (Å²) in [5.41, 5.74) is 7.86. The quantitative estimate of drug-likeness (QED) is 0.900. The van der Waals surface area contributed by atoms with E-state index >= 15 is 0 Å². The van der Waals surface area contributed by atoms with Crippen LogP contribution in [0.2, 0.25) is 0 Å². The van der Waals surface area contributed by atoms with Gasteiger partial charge < -0.3 is 10.6 Å². The molecule has 2 aromatic heterocycles. The monoisotopic (exact) mass is 261 g/mol. The first-order valence-electron chi connectivity index (χ1n) is 6.12. The van der Waals surface area contributed by atoms with Crippen molar-refractivity contribution >= 4 is 17.0 Å². The molecule has 0 bridgehead atoms. The number of pyridine rings is 1. The van der Waals surface area contributed by atoms with Crippen LogP contribution in [0.5, 0.6) is 0 Å². The van der Waals surface area contributed by atoms with Crippen LogP contribution in [0.15, 0.2) is 35.8 Å².